The fraction of sp³-hybridized carbons (Fsp3) is 0.286. The van der Waals surface area contributed by atoms with Gasteiger partial charge in [-0.15, -0.1) is 5.10 Å². The van der Waals surface area contributed by atoms with Gasteiger partial charge in [-0.2, -0.15) is 4.72 Å². The van der Waals surface area contributed by atoms with Gasteiger partial charge >= 0.3 is 5.76 Å². The Morgan fingerprint density at radius 1 is 1.19 bits per heavy atom. The first kappa shape index (κ1) is 21.9. The van der Waals surface area contributed by atoms with Crippen molar-refractivity contribution >= 4 is 15.9 Å². The summed E-state index contributed by atoms with van der Waals surface area (Å²) in [5.41, 5.74) is 2.70. The van der Waals surface area contributed by atoms with Crippen LogP contribution < -0.4 is 15.8 Å². The number of halogens is 1. The Balaban J connectivity index is 1.77. The van der Waals surface area contributed by atoms with E-state index in [9.17, 15) is 22.4 Å². The van der Waals surface area contributed by atoms with Gasteiger partial charge in [0.1, 0.15) is 11.9 Å². The molecule has 2 atom stereocenters. The molecule has 32 heavy (non-hydrogen) atoms. The lowest BCUT2D eigenvalue weighted by Gasteiger charge is -2.25. The highest BCUT2D eigenvalue weighted by atomic mass is 32.2. The van der Waals surface area contributed by atoms with E-state index in [2.05, 4.69) is 20.2 Å². The zero-order chi connectivity index (χ0) is 23.2. The molecule has 4 rings (SSSR count). The number of fused-ring (bicyclic) bond motifs is 1. The van der Waals surface area contributed by atoms with E-state index in [4.69, 9.17) is 4.42 Å². The number of carbonyl (C=O) groups excluding carboxylic acids is 1. The Hall–Kier alpha value is -3.31. The molecule has 0 aliphatic carbocycles. The molecule has 3 N–H and O–H groups in total. The Labute approximate surface area is 183 Å². The summed E-state index contributed by atoms with van der Waals surface area (Å²) in [5.74, 6) is -2.76. The van der Waals surface area contributed by atoms with E-state index in [1.807, 2.05) is 6.92 Å². The third-order valence-electron chi connectivity index (χ3n) is 5.77. The Bertz CT molecular complexity index is 1380. The summed E-state index contributed by atoms with van der Waals surface area (Å²) in [4.78, 5) is 23.4. The quantitative estimate of drug-likeness (QED) is 0.516. The van der Waals surface area contributed by atoms with Crippen molar-refractivity contribution in [3.8, 4) is 0 Å². The molecule has 0 unspecified atom stereocenters. The zero-order valence-electron chi connectivity index (χ0n) is 17.5. The molecule has 2 heterocycles. The first-order valence-corrected chi connectivity index (χ1v) is 11.3. The SMILES string of the molecule is Cc1ccc(F)c([C@@H](C)[C@H](NS(=O)(=O)c2ccc3c(c2)C(=O)NC3)c2n[nH]c(=O)o2)c1C. The fourth-order valence-electron chi connectivity index (χ4n) is 3.87. The molecular formula is C21H21FN4O5S. The van der Waals surface area contributed by atoms with Crippen LogP contribution in [0.15, 0.2) is 44.4 Å². The molecule has 1 aliphatic rings. The van der Waals surface area contributed by atoms with Crippen LogP contribution in [0.3, 0.4) is 0 Å². The van der Waals surface area contributed by atoms with Gasteiger partial charge in [0.15, 0.2) is 0 Å². The number of H-pyrrole nitrogens is 1. The largest absolute Gasteiger partial charge is 0.434 e. The highest BCUT2D eigenvalue weighted by molar-refractivity contribution is 7.89. The van der Waals surface area contributed by atoms with Crippen molar-refractivity contribution in [2.75, 3.05) is 0 Å². The van der Waals surface area contributed by atoms with Crippen LogP contribution in [0.25, 0.3) is 0 Å². The average Bonchev–Trinajstić information content (AvgIpc) is 3.34. The van der Waals surface area contributed by atoms with Crippen LogP contribution in [-0.2, 0) is 16.6 Å². The Morgan fingerprint density at radius 3 is 2.62 bits per heavy atom. The lowest BCUT2D eigenvalue weighted by atomic mass is 9.88. The van der Waals surface area contributed by atoms with E-state index in [0.29, 0.717) is 17.7 Å². The van der Waals surface area contributed by atoms with Gasteiger partial charge in [0.25, 0.3) is 5.91 Å². The van der Waals surface area contributed by atoms with E-state index >= 15 is 0 Å². The molecule has 0 saturated carbocycles. The van der Waals surface area contributed by atoms with Crippen LogP contribution in [0.4, 0.5) is 4.39 Å². The van der Waals surface area contributed by atoms with Crippen LogP contribution in [-0.4, -0.2) is 24.5 Å². The van der Waals surface area contributed by atoms with Gasteiger partial charge in [-0.3, -0.25) is 4.79 Å². The predicted molar refractivity (Wildman–Crippen MR) is 112 cm³/mol. The maximum Gasteiger partial charge on any atom is 0.434 e. The molecule has 9 nitrogen and oxygen atoms in total. The number of rotatable bonds is 6. The lowest BCUT2D eigenvalue weighted by Crippen LogP contribution is -2.33. The van der Waals surface area contributed by atoms with Crippen LogP contribution in [0.5, 0.6) is 0 Å². The smallest absolute Gasteiger partial charge is 0.391 e. The standard InChI is InChI=1S/C21H21FN4O5S/c1-10-4-7-16(22)17(11(10)2)12(3)18(20-24-25-21(28)31-20)26-32(29,30)14-6-5-13-9-23-19(27)15(13)8-14/h4-8,12,18,26H,9H2,1-3H3,(H,23,27)(H,25,28)/t12-,18+/m1/s1. The van der Waals surface area contributed by atoms with Crippen LogP contribution >= 0.6 is 0 Å². The molecular weight excluding hydrogens is 439 g/mol. The molecule has 1 aromatic heterocycles. The van der Waals surface area contributed by atoms with Crippen LogP contribution in [0.1, 0.15) is 57.4 Å². The van der Waals surface area contributed by atoms with E-state index in [1.165, 1.54) is 18.2 Å². The summed E-state index contributed by atoms with van der Waals surface area (Å²) in [6.07, 6.45) is 0. The highest BCUT2D eigenvalue weighted by Crippen LogP contribution is 2.35. The predicted octanol–water partition coefficient (Wildman–Crippen LogP) is 2.19. The molecule has 1 amide bonds. The summed E-state index contributed by atoms with van der Waals surface area (Å²) < 4.78 is 48.7. The number of hydrogen-bond acceptors (Lipinski definition) is 6. The summed E-state index contributed by atoms with van der Waals surface area (Å²) in [5, 5.41) is 8.51. The van der Waals surface area contributed by atoms with Gasteiger partial charge in [0, 0.05) is 18.0 Å². The second kappa shape index (κ2) is 7.99. The van der Waals surface area contributed by atoms with E-state index < -0.39 is 33.6 Å². The first-order valence-electron chi connectivity index (χ1n) is 9.83. The zero-order valence-corrected chi connectivity index (χ0v) is 18.3. The monoisotopic (exact) mass is 460 g/mol. The van der Waals surface area contributed by atoms with Crippen molar-refractivity contribution in [3.63, 3.8) is 0 Å². The summed E-state index contributed by atoms with van der Waals surface area (Å²) in [6.45, 7) is 5.48. The number of nitrogens with zero attached hydrogens (tertiary/aromatic N) is 1. The van der Waals surface area contributed by atoms with Crippen LogP contribution in [0.2, 0.25) is 0 Å². The van der Waals surface area contributed by atoms with E-state index in [-0.39, 0.29) is 27.8 Å². The van der Waals surface area contributed by atoms with Gasteiger partial charge in [-0.1, -0.05) is 19.1 Å². The minimum absolute atomic E-state index is 0.148. The van der Waals surface area contributed by atoms with Crippen molar-refractivity contribution in [3.05, 3.63) is 80.4 Å². The number of aromatic amines is 1. The van der Waals surface area contributed by atoms with Gasteiger partial charge < -0.3 is 9.73 Å². The van der Waals surface area contributed by atoms with Gasteiger partial charge in [-0.05, 0) is 54.3 Å². The minimum atomic E-state index is -4.20. The maximum atomic E-state index is 14.8. The van der Waals surface area contributed by atoms with Crippen molar-refractivity contribution in [1.82, 2.24) is 20.2 Å². The third-order valence-corrected chi connectivity index (χ3v) is 7.21. The number of hydrogen-bond donors (Lipinski definition) is 3. The number of benzene rings is 2. The molecule has 0 radical (unpaired) electrons. The molecule has 0 fully saturated rings. The first-order chi connectivity index (χ1) is 15.1. The number of nitrogens with one attached hydrogen (secondary N) is 3. The van der Waals surface area contributed by atoms with Gasteiger partial charge in [0.05, 0.1) is 4.90 Å². The third kappa shape index (κ3) is 3.84. The average molecular weight is 460 g/mol. The summed E-state index contributed by atoms with van der Waals surface area (Å²) in [6, 6.07) is 5.95. The van der Waals surface area contributed by atoms with Crippen molar-refractivity contribution in [2.24, 2.45) is 0 Å². The van der Waals surface area contributed by atoms with Gasteiger partial charge in [-0.25, -0.2) is 22.7 Å². The second-order valence-corrected chi connectivity index (χ2v) is 9.46. The molecule has 2 aromatic carbocycles. The second-order valence-electron chi connectivity index (χ2n) is 7.74. The number of sulfonamides is 1. The number of carbonyl (C=O) groups is 1. The maximum absolute atomic E-state index is 14.8. The molecule has 0 bridgehead atoms. The molecule has 3 aromatic rings. The number of amides is 1. The molecule has 1 aliphatic heterocycles. The van der Waals surface area contributed by atoms with E-state index in [0.717, 1.165) is 5.56 Å². The number of aromatic nitrogens is 2. The number of aryl methyl sites for hydroxylation is 1. The van der Waals surface area contributed by atoms with Crippen molar-refractivity contribution in [1.29, 1.82) is 0 Å². The molecule has 11 heteroatoms. The van der Waals surface area contributed by atoms with Crippen molar-refractivity contribution in [2.45, 2.75) is 44.2 Å². The highest BCUT2D eigenvalue weighted by Gasteiger charge is 2.34. The molecule has 0 saturated heterocycles. The Morgan fingerprint density at radius 2 is 1.94 bits per heavy atom. The summed E-state index contributed by atoms with van der Waals surface area (Å²) in [7, 11) is -4.20. The van der Waals surface area contributed by atoms with Gasteiger partial charge in [0.2, 0.25) is 15.9 Å². The topological polar surface area (TPSA) is 134 Å². The summed E-state index contributed by atoms with van der Waals surface area (Å²) >= 11 is 0. The minimum Gasteiger partial charge on any atom is -0.391 e. The van der Waals surface area contributed by atoms with E-state index in [1.54, 1.807) is 26.0 Å². The fourth-order valence-corrected chi connectivity index (χ4v) is 5.16. The van der Waals surface area contributed by atoms with Crippen molar-refractivity contribution < 1.29 is 22.0 Å². The Kier molecular flexibility index (Phi) is 5.47. The molecule has 0 spiro atoms. The normalized spacial score (nSPS) is 15.3. The lowest BCUT2D eigenvalue weighted by molar-refractivity contribution is 0.0965. The molecule has 168 valence electrons. The van der Waals surface area contributed by atoms with Crippen LogP contribution in [0, 0.1) is 19.7 Å².